The quantitative estimate of drug-likeness (QED) is 0.794. The summed E-state index contributed by atoms with van der Waals surface area (Å²) in [5.74, 6) is 0.764. The van der Waals surface area contributed by atoms with Crippen LogP contribution in [0.15, 0.2) is 48.8 Å². The van der Waals surface area contributed by atoms with Gasteiger partial charge in [0.05, 0.1) is 18.5 Å². The Hall–Kier alpha value is -2.57. The first-order valence-electron chi connectivity index (χ1n) is 8.51. The van der Waals surface area contributed by atoms with Crippen LogP contribution in [-0.2, 0) is 11.3 Å². The summed E-state index contributed by atoms with van der Waals surface area (Å²) in [6, 6.07) is 12.2. The summed E-state index contributed by atoms with van der Waals surface area (Å²) in [6.07, 6.45) is 3.63. The largest absolute Gasteiger partial charge is 0.368 e. The SMILES string of the molecule is Cc1ccnc([C@@H]2CN(Cc3cn[nH]c3-c3ccccc3)CCO2)n1. The van der Waals surface area contributed by atoms with E-state index in [1.165, 1.54) is 5.56 Å². The molecule has 1 fully saturated rings. The molecule has 2 aromatic heterocycles. The minimum Gasteiger partial charge on any atom is -0.368 e. The molecule has 1 atom stereocenters. The third-order valence-corrected chi connectivity index (χ3v) is 4.43. The molecule has 0 unspecified atom stereocenters. The second kappa shape index (κ2) is 7.13. The van der Waals surface area contributed by atoms with Crippen LogP contribution in [0.1, 0.15) is 23.2 Å². The van der Waals surface area contributed by atoms with Gasteiger partial charge in [-0.1, -0.05) is 30.3 Å². The standard InChI is InChI=1S/C19H21N5O/c1-14-7-8-20-19(22-14)17-13-24(9-10-25-17)12-16-11-21-23-18(16)15-5-3-2-4-6-15/h2-8,11,17H,9-10,12-13H2,1H3,(H,21,23)/t17-/m0/s1. The first-order valence-corrected chi connectivity index (χ1v) is 8.51. The number of morpholine rings is 1. The van der Waals surface area contributed by atoms with Gasteiger partial charge in [0, 0.05) is 37.1 Å². The van der Waals surface area contributed by atoms with Crippen molar-refractivity contribution in [2.75, 3.05) is 19.7 Å². The normalized spacial score (nSPS) is 18.4. The van der Waals surface area contributed by atoms with Gasteiger partial charge in [-0.2, -0.15) is 5.10 Å². The number of H-pyrrole nitrogens is 1. The zero-order valence-corrected chi connectivity index (χ0v) is 14.2. The minimum absolute atomic E-state index is 0.0827. The molecule has 1 aromatic carbocycles. The van der Waals surface area contributed by atoms with E-state index in [0.717, 1.165) is 42.4 Å². The van der Waals surface area contributed by atoms with Gasteiger partial charge >= 0.3 is 0 Å². The third-order valence-electron chi connectivity index (χ3n) is 4.43. The van der Waals surface area contributed by atoms with Gasteiger partial charge in [0.25, 0.3) is 0 Å². The van der Waals surface area contributed by atoms with Gasteiger partial charge in [0.2, 0.25) is 0 Å². The molecule has 0 spiro atoms. The lowest BCUT2D eigenvalue weighted by atomic mass is 10.1. The third kappa shape index (κ3) is 3.60. The average Bonchev–Trinajstić information content (AvgIpc) is 3.11. The van der Waals surface area contributed by atoms with Crippen molar-refractivity contribution in [3.05, 3.63) is 65.9 Å². The molecule has 0 amide bonds. The number of benzene rings is 1. The Morgan fingerprint density at radius 2 is 2.12 bits per heavy atom. The summed E-state index contributed by atoms with van der Waals surface area (Å²) < 4.78 is 5.89. The van der Waals surface area contributed by atoms with Crippen molar-refractivity contribution >= 4 is 0 Å². The Balaban J connectivity index is 1.49. The maximum Gasteiger partial charge on any atom is 0.158 e. The molecule has 3 aromatic rings. The molecule has 1 aliphatic rings. The van der Waals surface area contributed by atoms with Gasteiger partial charge < -0.3 is 4.74 Å². The molecule has 1 N–H and O–H groups in total. The van der Waals surface area contributed by atoms with Crippen LogP contribution in [0.5, 0.6) is 0 Å². The summed E-state index contributed by atoms with van der Waals surface area (Å²) in [6.45, 7) is 5.15. The van der Waals surface area contributed by atoms with E-state index >= 15 is 0 Å². The number of hydrogen-bond acceptors (Lipinski definition) is 5. The van der Waals surface area contributed by atoms with Gasteiger partial charge in [-0.25, -0.2) is 9.97 Å². The van der Waals surface area contributed by atoms with Crippen LogP contribution in [0.4, 0.5) is 0 Å². The highest BCUT2D eigenvalue weighted by molar-refractivity contribution is 5.62. The van der Waals surface area contributed by atoms with Crippen LogP contribution in [0.2, 0.25) is 0 Å². The van der Waals surface area contributed by atoms with Gasteiger partial charge in [-0.15, -0.1) is 0 Å². The predicted molar refractivity (Wildman–Crippen MR) is 94.8 cm³/mol. The predicted octanol–water partition coefficient (Wildman–Crippen LogP) is 2.75. The monoisotopic (exact) mass is 335 g/mol. The van der Waals surface area contributed by atoms with Gasteiger partial charge in [0.15, 0.2) is 5.82 Å². The highest BCUT2D eigenvalue weighted by atomic mass is 16.5. The number of ether oxygens (including phenoxy) is 1. The highest BCUT2D eigenvalue weighted by Gasteiger charge is 2.25. The lowest BCUT2D eigenvalue weighted by molar-refractivity contribution is -0.0372. The van der Waals surface area contributed by atoms with E-state index in [2.05, 4.69) is 37.2 Å². The summed E-state index contributed by atoms with van der Waals surface area (Å²) in [5, 5.41) is 7.37. The molecule has 25 heavy (non-hydrogen) atoms. The van der Waals surface area contributed by atoms with E-state index in [1.807, 2.05) is 37.4 Å². The van der Waals surface area contributed by atoms with Crippen molar-refractivity contribution in [1.82, 2.24) is 25.1 Å². The van der Waals surface area contributed by atoms with Crippen LogP contribution < -0.4 is 0 Å². The molecule has 6 nitrogen and oxygen atoms in total. The Kier molecular flexibility index (Phi) is 4.54. The van der Waals surface area contributed by atoms with Gasteiger partial charge in [-0.3, -0.25) is 10.00 Å². The fraction of sp³-hybridized carbons (Fsp3) is 0.316. The molecule has 3 heterocycles. The first kappa shape index (κ1) is 15.9. The van der Waals surface area contributed by atoms with Crippen molar-refractivity contribution in [2.45, 2.75) is 19.6 Å². The average molecular weight is 335 g/mol. The van der Waals surface area contributed by atoms with Crippen LogP contribution in [0.3, 0.4) is 0 Å². The van der Waals surface area contributed by atoms with E-state index in [1.54, 1.807) is 6.20 Å². The number of nitrogens with zero attached hydrogens (tertiary/aromatic N) is 4. The van der Waals surface area contributed by atoms with Crippen LogP contribution in [-0.4, -0.2) is 44.8 Å². The van der Waals surface area contributed by atoms with Crippen LogP contribution in [0, 0.1) is 6.92 Å². The minimum atomic E-state index is -0.0827. The zero-order chi connectivity index (χ0) is 17.1. The topological polar surface area (TPSA) is 66.9 Å². The molecule has 0 saturated carbocycles. The Bertz CT molecular complexity index is 833. The van der Waals surface area contributed by atoms with Crippen molar-refractivity contribution in [3.63, 3.8) is 0 Å². The fourth-order valence-corrected chi connectivity index (χ4v) is 3.15. The van der Waals surface area contributed by atoms with Crippen LogP contribution >= 0.6 is 0 Å². The molecule has 4 rings (SSSR count). The first-order chi connectivity index (χ1) is 12.3. The van der Waals surface area contributed by atoms with Crippen molar-refractivity contribution in [2.24, 2.45) is 0 Å². The molecule has 1 aliphatic heterocycles. The fourth-order valence-electron chi connectivity index (χ4n) is 3.15. The highest BCUT2D eigenvalue weighted by Crippen LogP contribution is 2.25. The van der Waals surface area contributed by atoms with Crippen molar-refractivity contribution in [1.29, 1.82) is 0 Å². The van der Waals surface area contributed by atoms with E-state index in [-0.39, 0.29) is 6.10 Å². The van der Waals surface area contributed by atoms with E-state index < -0.39 is 0 Å². The number of rotatable bonds is 4. The summed E-state index contributed by atoms with van der Waals surface area (Å²) in [4.78, 5) is 11.3. The Morgan fingerprint density at radius 1 is 1.24 bits per heavy atom. The zero-order valence-electron chi connectivity index (χ0n) is 14.2. The van der Waals surface area contributed by atoms with Crippen molar-refractivity contribution < 1.29 is 4.74 Å². The smallest absolute Gasteiger partial charge is 0.158 e. The summed E-state index contributed by atoms with van der Waals surface area (Å²) >= 11 is 0. The van der Waals surface area contributed by atoms with Crippen molar-refractivity contribution in [3.8, 4) is 11.3 Å². The maximum atomic E-state index is 5.89. The Labute approximate surface area is 146 Å². The van der Waals surface area contributed by atoms with E-state index in [9.17, 15) is 0 Å². The molecule has 0 bridgehead atoms. The molecule has 128 valence electrons. The summed E-state index contributed by atoms with van der Waals surface area (Å²) in [5.41, 5.74) is 4.39. The lowest BCUT2D eigenvalue weighted by Crippen LogP contribution is -2.38. The van der Waals surface area contributed by atoms with Crippen LogP contribution in [0.25, 0.3) is 11.3 Å². The molecular weight excluding hydrogens is 314 g/mol. The lowest BCUT2D eigenvalue weighted by Gasteiger charge is -2.32. The summed E-state index contributed by atoms with van der Waals surface area (Å²) in [7, 11) is 0. The second-order valence-electron chi connectivity index (χ2n) is 6.29. The number of aromatic amines is 1. The maximum absolute atomic E-state index is 5.89. The van der Waals surface area contributed by atoms with E-state index in [0.29, 0.717) is 6.61 Å². The molecule has 6 heteroatoms. The molecule has 0 radical (unpaired) electrons. The number of aryl methyl sites for hydroxylation is 1. The number of hydrogen-bond donors (Lipinski definition) is 1. The number of aromatic nitrogens is 4. The molecule has 1 saturated heterocycles. The molecule has 0 aliphatic carbocycles. The Morgan fingerprint density at radius 3 is 2.96 bits per heavy atom. The van der Waals surface area contributed by atoms with E-state index in [4.69, 9.17) is 4.74 Å². The molecular formula is C19H21N5O. The second-order valence-corrected chi connectivity index (χ2v) is 6.29. The van der Waals surface area contributed by atoms with Gasteiger partial charge in [-0.05, 0) is 18.6 Å². The van der Waals surface area contributed by atoms with Gasteiger partial charge in [0.1, 0.15) is 6.10 Å². The number of nitrogens with one attached hydrogen (secondary N) is 1.